The zero-order valence-electron chi connectivity index (χ0n) is 10.0. The van der Waals surface area contributed by atoms with E-state index >= 15 is 0 Å². The van der Waals surface area contributed by atoms with Crippen molar-refractivity contribution in [2.75, 3.05) is 11.9 Å². The molecule has 0 radical (unpaired) electrons. The van der Waals surface area contributed by atoms with Gasteiger partial charge >= 0.3 is 0 Å². The predicted octanol–water partition coefficient (Wildman–Crippen LogP) is -0.654. The van der Waals surface area contributed by atoms with Gasteiger partial charge in [0.2, 0.25) is 0 Å². The number of nitrogens with one attached hydrogen (secondary N) is 1. The smallest absolute Gasteiger partial charge is 0.157 e. The van der Waals surface area contributed by atoms with Gasteiger partial charge in [0.25, 0.3) is 0 Å². The molecule has 1 aliphatic rings. The van der Waals surface area contributed by atoms with Gasteiger partial charge < -0.3 is 30.6 Å². The molecule has 1 aliphatic heterocycles. The minimum Gasteiger partial charge on any atom is -0.411 e. The Kier molecular flexibility index (Phi) is 4.33. The summed E-state index contributed by atoms with van der Waals surface area (Å²) in [4.78, 5) is 0. The van der Waals surface area contributed by atoms with Crippen molar-refractivity contribution in [3.05, 3.63) is 29.8 Å². The van der Waals surface area contributed by atoms with E-state index in [2.05, 4.69) is 10.5 Å². The SMILES string of the molecule is OC[C@@H]1O[C@H](Nc2ccccc2/C=N\O)[C@H](O)[C@@H]1O. The molecule has 7 heteroatoms. The fourth-order valence-corrected chi connectivity index (χ4v) is 1.98. The Bertz CT molecular complexity index is 454. The van der Waals surface area contributed by atoms with Gasteiger partial charge in [-0.15, -0.1) is 0 Å². The van der Waals surface area contributed by atoms with Gasteiger partial charge in [-0.1, -0.05) is 23.4 Å². The zero-order chi connectivity index (χ0) is 13.8. The van der Waals surface area contributed by atoms with Gasteiger partial charge in [0.05, 0.1) is 12.8 Å². The van der Waals surface area contributed by atoms with E-state index in [0.29, 0.717) is 11.3 Å². The number of nitrogens with zero attached hydrogens (tertiary/aromatic N) is 1. The number of hydrogen-bond donors (Lipinski definition) is 5. The van der Waals surface area contributed by atoms with E-state index in [1.165, 1.54) is 6.21 Å². The summed E-state index contributed by atoms with van der Waals surface area (Å²) in [5.74, 6) is 0. The Hall–Kier alpha value is -1.67. The third-order valence-corrected chi connectivity index (χ3v) is 3.00. The van der Waals surface area contributed by atoms with Gasteiger partial charge in [-0.25, -0.2) is 0 Å². The van der Waals surface area contributed by atoms with Gasteiger partial charge in [0, 0.05) is 11.3 Å². The topological polar surface area (TPSA) is 115 Å². The number of hydrogen-bond acceptors (Lipinski definition) is 7. The van der Waals surface area contributed by atoms with E-state index in [0.717, 1.165) is 0 Å². The Morgan fingerprint density at radius 2 is 2.00 bits per heavy atom. The lowest BCUT2D eigenvalue weighted by Gasteiger charge is -2.18. The molecule has 1 heterocycles. The number of aliphatic hydroxyl groups excluding tert-OH is 3. The molecule has 0 spiro atoms. The Morgan fingerprint density at radius 3 is 2.63 bits per heavy atom. The summed E-state index contributed by atoms with van der Waals surface area (Å²) >= 11 is 0. The molecule has 1 fully saturated rings. The fraction of sp³-hybridized carbons (Fsp3) is 0.417. The number of oxime groups is 1. The van der Waals surface area contributed by atoms with Crippen molar-refractivity contribution < 1.29 is 25.3 Å². The summed E-state index contributed by atoms with van der Waals surface area (Å²) in [6.07, 6.45) is -2.74. The molecule has 0 amide bonds. The minimum atomic E-state index is -1.16. The van der Waals surface area contributed by atoms with E-state index in [-0.39, 0.29) is 6.61 Å². The summed E-state index contributed by atoms with van der Waals surface area (Å²) in [6.45, 7) is -0.379. The normalized spacial score (nSPS) is 30.9. The second-order valence-electron chi connectivity index (χ2n) is 4.24. The number of para-hydroxylation sites is 1. The second-order valence-corrected chi connectivity index (χ2v) is 4.24. The average molecular weight is 268 g/mol. The first-order chi connectivity index (χ1) is 9.17. The molecule has 19 heavy (non-hydrogen) atoms. The van der Waals surface area contributed by atoms with Crippen LogP contribution in [0.4, 0.5) is 5.69 Å². The average Bonchev–Trinajstić information content (AvgIpc) is 2.69. The van der Waals surface area contributed by atoms with Crippen molar-refractivity contribution in [1.82, 2.24) is 0 Å². The largest absolute Gasteiger partial charge is 0.411 e. The summed E-state index contributed by atoms with van der Waals surface area (Å²) in [7, 11) is 0. The van der Waals surface area contributed by atoms with E-state index in [1.54, 1.807) is 24.3 Å². The lowest BCUT2D eigenvalue weighted by Crippen LogP contribution is -2.36. The van der Waals surface area contributed by atoms with Crippen LogP contribution < -0.4 is 5.32 Å². The Labute approximate surface area is 109 Å². The fourth-order valence-electron chi connectivity index (χ4n) is 1.98. The highest BCUT2D eigenvalue weighted by molar-refractivity contribution is 5.87. The molecule has 104 valence electrons. The maximum Gasteiger partial charge on any atom is 0.157 e. The summed E-state index contributed by atoms with van der Waals surface area (Å²) in [5.41, 5.74) is 1.18. The minimum absolute atomic E-state index is 0.379. The first-order valence-electron chi connectivity index (χ1n) is 5.83. The highest BCUT2D eigenvalue weighted by Crippen LogP contribution is 2.24. The highest BCUT2D eigenvalue weighted by atomic mass is 16.6. The third-order valence-electron chi connectivity index (χ3n) is 3.00. The van der Waals surface area contributed by atoms with E-state index in [9.17, 15) is 10.2 Å². The molecule has 4 atom stereocenters. The van der Waals surface area contributed by atoms with Gasteiger partial charge in [-0.05, 0) is 6.07 Å². The molecule has 0 aliphatic carbocycles. The van der Waals surface area contributed by atoms with Crippen LogP contribution in [0.3, 0.4) is 0 Å². The molecule has 0 saturated carbocycles. The molecule has 5 N–H and O–H groups in total. The first kappa shape index (κ1) is 13.8. The summed E-state index contributed by atoms with van der Waals surface area (Å²) < 4.78 is 5.30. The van der Waals surface area contributed by atoms with Gasteiger partial charge in [0.1, 0.15) is 18.3 Å². The molecular formula is C12H16N2O5. The number of anilines is 1. The molecule has 2 rings (SSSR count). The van der Waals surface area contributed by atoms with Crippen LogP contribution in [0, 0.1) is 0 Å². The molecule has 7 nitrogen and oxygen atoms in total. The van der Waals surface area contributed by atoms with Crippen LogP contribution in [0.1, 0.15) is 5.56 Å². The number of ether oxygens (including phenoxy) is 1. The first-order valence-corrected chi connectivity index (χ1v) is 5.83. The lowest BCUT2D eigenvalue weighted by atomic mass is 10.1. The second kappa shape index (κ2) is 5.98. The van der Waals surface area contributed by atoms with Crippen LogP contribution in [0.15, 0.2) is 29.4 Å². The van der Waals surface area contributed by atoms with Crippen LogP contribution in [-0.4, -0.2) is 57.9 Å². The van der Waals surface area contributed by atoms with Gasteiger partial charge in [-0.2, -0.15) is 0 Å². The standard InChI is InChI=1S/C12H16N2O5/c15-6-9-10(16)11(17)12(19-9)14-8-4-2-1-3-7(8)5-13-18/h1-5,9-12,14-18H,6H2/b13-5-/t9-,10+,11+,12-/m0/s1. The van der Waals surface area contributed by atoms with Crippen molar-refractivity contribution in [2.45, 2.75) is 24.5 Å². The van der Waals surface area contributed by atoms with Gasteiger partial charge in [0.15, 0.2) is 6.23 Å². The highest BCUT2D eigenvalue weighted by Gasteiger charge is 2.42. The summed E-state index contributed by atoms with van der Waals surface area (Å²) in [6, 6.07) is 6.95. The predicted molar refractivity (Wildman–Crippen MR) is 67.2 cm³/mol. The Morgan fingerprint density at radius 1 is 1.26 bits per heavy atom. The van der Waals surface area contributed by atoms with Crippen LogP contribution >= 0.6 is 0 Å². The van der Waals surface area contributed by atoms with E-state index < -0.39 is 24.5 Å². The van der Waals surface area contributed by atoms with Crippen LogP contribution in [0.2, 0.25) is 0 Å². The van der Waals surface area contributed by atoms with Crippen molar-refractivity contribution in [2.24, 2.45) is 5.16 Å². The van der Waals surface area contributed by atoms with E-state index in [4.69, 9.17) is 15.1 Å². The zero-order valence-corrected chi connectivity index (χ0v) is 10.0. The number of benzene rings is 1. The number of rotatable bonds is 4. The van der Waals surface area contributed by atoms with Crippen LogP contribution in [0.5, 0.6) is 0 Å². The van der Waals surface area contributed by atoms with Crippen molar-refractivity contribution in [3.63, 3.8) is 0 Å². The van der Waals surface area contributed by atoms with E-state index in [1.807, 2.05) is 0 Å². The van der Waals surface area contributed by atoms with Crippen molar-refractivity contribution in [1.29, 1.82) is 0 Å². The van der Waals surface area contributed by atoms with Crippen LogP contribution in [-0.2, 0) is 4.74 Å². The number of aliphatic hydroxyl groups is 3. The quantitative estimate of drug-likeness (QED) is 0.281. The maximum absolute atomic E-state index is 9.81. The molecule has 0 bridgehead atoms. The molecular weight excluding hydrogens is 252 g/mol. The molecule has 0 unspecified atom stereocenters. The maximum atomic E-state index is 9.81. The molecule has 0 aromatic heterocycles. The molecule has 1 saturated heterocycles. The van der Waals surface area contributed by atoms with Crippen LogP contribution in [0.25, 0.3) is 0 Å². The lowest BCUT2D eigenvalue weighted by molar-refractivity contribution is -0.0153. The third kappa shape index (κ3) is 2.85. The summed E-state index contributed by atoms with van der Waals surface area (Å²) in [5, 5.41) is 42.9. The Balaban J connectivity index is 2.14. The van der Waals surface area contributed by atoms with Gasteiger partial charge in [-0.3, -0.25) is 0 Å². The monoisotopic (exact) mass is 268 g/mol. The van der Waals surface area contributed by atoms with Crippen molar-refractivity contribution >= 4 is 11.9 Å². The molecule has 1 aromatic rings. The molecule has 1 aromatic carbocycles. The van der Waals surface area contributed by atoms with Crippen molar-refractivity contribution in [3.8, 4) is 0 Å².